The molecule has 9 heteroatoms. The summed E-state index contributed by atoms with van der Waals surface area (Å²) in [4.78, 5) is 12.0. The van der Waals surface area contributed by atoms with Crippen molar-refractivity contribution in [2.24, 2.45) is 0 Å². The summed E-state index contributed by atoms with van der Waals surface area (Å²) in [5.74, 6) is -0.305. The fourth-order valence-electron chi connectivity index (χ4n) is 1.96. The number of sulfonamides is 1. The summed E-state index contributed by atoms with van der Waals surface area (Å²) < 4.78 is 37.0. The number of halogens is 2. The predicted octanol–water partition coefficient (Wildman–Crippen LogP) is 3.28. The molecule has 0 saturated carbocycles. The summed E-state index contributed by atoms with van der Waals surface area (Å²) in [6.07, 6.45) is 0. The highest BCUT2D eigenvalue weighted by Crippen LogP contribution is 2.27. The maximum atomic E-state index is 12.2. The molecule has 6 nitrogen and oxygen atoms in total. The van der Waals surface area contributed by atoms with Crippen LogP contribution in [0.5, 0.6) is 5.75 Å². The first kappa shape index (κ1) is 20.5. The van der Waals surface area contributed by atoms with Crippen molar-refractivity contribution < 1.29 is 22.7 Å². The number of nitrogens with one attached hydrogen (secondary N) is 1. The Labute approximate surface area is 162 Å². The smallest absolute Gasteiger partial charge is 0.324 e. The van der Waals surface area contributed by atoms with Crippen molar-refractivity contribution in [1.82, 2.24) is 4.72 Å². The molecule has 1 N–H and O–H groups in total. The molecular formula is C17H17Cl2NO5S. The number of rotatable bonds is 8. The minimum absolute atomic E-state index is 0.0603. The van der Waals surface area contributed by atoms with Crippen LogP contribution in [0, 0.1) is 0 Å². The second kappa shape index (κ2) is 9.23. The molecule has 0 saturated heterocycles. The fraction of sp³-hybridized carbons (Fsp3) is 0.235. The Balaban J connectivity index is 1.80. The Bertz CT molecular complexity index is 859. The van der Waals surface area contributed by atoms with E-state index in [4.69, 9.17) is 32.7 Å². The van der Waals surface area contributed by atoms with E-state index in [9.17, 15) is 13.2 Å². The quantitative estimate of drug-likeness (QED) is 0.526. The zero-order chi connectivity index (χ0) is 19.2. The minimum atomic E-state index is -3.80. The third-order valence-corrected chi connectivity index (χ3v) is 5.31. The van der Waals surface area contributed by atoms with Crippen LogP contribution in [-0.2, 0) is 19.6 Å². The van der Waals surface area contributed by atoms with Gasteiger partial charge in [-0.2, -0.15) is 4.72 Å². The number of carbonyl (C=O) groups is 1. The van der Waals surface area contributed by atoms with E-state index < -0.39 is 22.0 Å². The van der Waals surface area contributed by atoms with Crippen LogP contribution in [0.2, 0.25) is 10.0 Å². The summed E-state index contributed by atoms with van der Waals surface area (Å²) in [5.41, 5.74) is 0. The first-order valence-corrected chi connectivity index (χ1v) is 9.85. The lowest BCUT2D eigenvalue weighted by molar-refractivity contribution is -0.145. The molecule has 0 aromatic heterocycles. The SMILES string of the molecule is C[C@H](NS(=O)(=O)c1ccccc1)C(=O)OCCOc1ccc(Cl)cc1Cl. The average Bonchev–Trinajstić information content (AvgIpc) is 2.60. The molecular weight excluding hydrogens is 401 g/mol. The predicted molar refractivity (Wildman–Crippen MR) is 99.1 cm³/mol. The van der Waals surface area contributed by atoms with Gasteiger partial charge >= 0.3 is 5.97 Å². The van der Waals surface area contributed by atoms with Crippen LogP contribution in [0.3, 0.4) is 0 Å². The molecule has 0 aliphatic heterocycles. The van der Waals surface area contributed by atoms with E-state index in [0.29, 0.717) is 15.8 Å². The summed E-state index contributed by atoms with van der Waals surface area (Å²) >= 11 is 11.7. The zero-order valence-corrected chi connectivity index (χ0v) is 16.1. The molecule has 0 heterocycles. The standard InChI is InChI=1S/C17H17Cl2NO5S/c1-12(20-26(22,23)14-5-3-2-4-6-14)17(21)25-10-9-24-16-8-7-13(18)11-15(16)19/h2-8,11-12,20H,9-10H2,1H3/t12-/m0/s1. The van der Waals surface area contributed by atoms with Gasteiger partial charge in [-0.15, -0.1) is 0 Å². The van der Waals surface area contributed by atoms with Gasteiger partial charge in [0, 0.05) is 5.02 Å². The molecule has 140 valence electrons. The molecule has 26 heavy (non-hydrogen) atoms. The molecule has 2 aromatic carbocycles. The normalized spacial score (nSPS) is 12.4. The Kier molecular flexibility index (Phi) is 7.28. The van der Waals surface area contributed by atoms with Crippen LogP contribution in [0.4, 0.5) is 0 Å². The van der Waals surface area contributed by atoms with Crippen molar-refractivity contribution in [2.45, 2.75) is 17.9 Å². The molecule has 2 aromatic rings. The fourth-order valence-corrected chi connectivity index (χ4v) is 3.64. The van der Waals surface area contributed by atoms with Crippen LogP contribution in [-0.4, -0.2) is 33.6 Å². The van der Waals surface area contributed by atoms with Gasteiger partial charge in [0.05, 0.1) is 9.92 Å². The van der Waals surface area contributed by atoms with Gasteiger partial charge in [0.25, 0.3) is 0 Å². The third kappa shape index (κ3) is 5.88. The second-order valence-corrected chi connectivity index (χ2v) is 7.80. The number of ether oxygens (including phenoxy) is 2. The third-order valence-electron chi connectivity index (χ3n) is 3.22. The van der Waals surface area contributed by atoms with Gasteiger partial charge in [0.1, 0.15) is 25.0 Å². The van der Waals surface area contributed by atoms with Crippen LogP contribution in [0.15, 0.2) is 53.4 Å². The molecule has 2 rings (SSSR count). The lowest BCUT2D eigenvalue weighted by atomic mass is 10.3. The number of esters is 1. The molecule has 0 spiro atoms. The molecule has 0 radical (unpaired) electrons. The Hall–Kier alpha value is -1.80. The summed E-state index contributed by atoms with van der Waals surface area (Å²) in [6.45, 7) is 1.40. The highest BCUT2D eigenvalue weighted by Gasteiger charge is 2.22. The van der Waals surface area contributed by atoms with Crippen molar-refractivity contribution >= 4 is 39.2 Å². The molecule has 0 fully saturated rings. The first-order valence-electron chi connectivity index (χ1n) is 7.61. The molecule has 1 atom stereocenters. The second-order valence-electron chi connectivity index (χ2n) is 5.25. The number of carbonyl (C=O) groups excluding carboxylic acids is 1. The Morgan fingerprint density at radius 3 is 2.46 bits per heavy atom. The summed E-state index contributed by atoms with van der Waals surface area (Å²) in [7, 11) is -3.80. The summed E-state index contributed by atoms with van der Waals surface area (Å²) in [5, 5.41) is 0.820. The maximum Gasteiger partial charge on any atom is 0.324 e. The van der Waals surface area contributed by atoms with Gasteiger partial charge in [0.2, 0.25) is 10.0 Å². The van der Waals surface area contributed by atoms with Crippen molar-refractivity contribution in [2.75, 3.05) is 13.2 Å². The average molecular weight is 418 g/mol. The molecule has 0 aliphatic rings. The van der Waals surface area contributed by atoms with Gasteiger partial charge in [-0.05, 0) is 37.3 Å². The highest BCUT2D eigenvalue weighted by atomic mass is 35.5. The molecule has 0 amide bonds. The first-order chi connectivity index (χ1) is 12.3. The molecule has 0 bridgehead atoms. The topological polar surface area (TPSA) is 81.7 Å². The van der Waals surface area contributed by atoms with E-state index >= 15 is 0 Å². The van der Waals surface area contributed by atoms with Crippen LogP contribution in [0.25, 0.3) is 0 Å². The summed E-state index contributed by atoms with van der Waals surface area (Å²) in [6, 6.07) is 11.5. The lowest BCUT2D eigenvalue weighted by Crippen LogP contribution is -2.39. The number of benzene rings is 2. The monoisotopic (exact) mass is 417 g/mol. The van der Waals surface area contributed by atoms with Crippen molar-refractivity contribution in [1.29, 1.82) is 0 Å². The maximum absolute atomic E-state index is 12.2. The number of hydrogen-bond donors (Lipinski definition) is 1. The van der Waals surface area contributed by atoms with Gasteiger partial charge < -0.3 is 9.47 Å². The van der Waals surface area contributed by atoms with Crippen molar-refractivity contribution in [3.8, 4) is 5.75 Å². The largest absolute Gasteiger partial charge is 0.488 e. The Morgan fingerprint density at radius 2 is 1.81 bits per heavy atom. The zero-order valence-electron chi connectivity index (χ0n) is 13.8. The van der Waals surface area contributed by atoms with E-state index in [-0.39, 0.29) is 18.1 Å². The van der Waals surface area contributed by atoms with Crippen molar-refractivity contribution in [3.05, 3.63) is 58.6 Å². The van der Waals surface area contributed by atoms with Gasteiger partial charge in [-0.1, -0.05) is 41.4 Å². The van der Waals surface area contributed by atoms with E-state index in [0.717, 1.165) is 0 Å². The van der Waals surface area contributed by atoms with E-state index in [1.54, 1.807) is 30.3 Å². The number of hydrogen-bond acceptors (Lipinski definition) is 5. The van der Waals surface area contributed by atoms with E-state index in [1.165, 1.54) is 25.1 Å². The van der Waals surface area contributed by atoms with Gasteiger partial charge in [-0.25, -0.2) is 8.42 Å². The van der Waals surface area contributed by atoms with Crippen LogP contribution in [0.1, 0.15) is 6.92 Å². The lowest BCUT2D eigenvalue weighted by Gasteiger charge is -2.14. The van der Waals surface area contributed by atoms with Gasteiger partial charge in [-0.3, -0.25) is 4.79 Å². The Morgan fingerprint density at radius 1 is 1.12 bits per heavy atom. The highest BCUT2D eigenvalue weighted by molar-refractivity contribution is 7.89. The van der Waals surface area contributed by atoms with E-state index in [2.05, 4.69) is 4.72 Å². The molecule has 0 unspecified atom stereocenters. The minimum Gasteiger partial charge on any atom is -0.488 e. The van der Waals surface area contributed by atoms with E-state index in [1.807, 2.05) is 0 Å². The van der Waals surface area contributed by atoms with Crippen molar-refractivity contribution in [3.63, 3.8) is 0 Å². The molecule has 0 aliphatic carbocycles. The van der Waals surface area contributed by atoms with Crippen LogP contribution >= 0.6 is 23.2 Å². The van der Waals surface area contributed by atoms with Crippen LogP contribution < -0.4 is 9.46 Å². The van der Waals surface area contributed by atoms with Gasteiger partial charge in [0.15, 0.2) is 0 Å².